The maximum Gasteiger partial charge on any atom is 0.274 e. The standard InChI is InChI=1S/C22H20FN3OS/c1-25(15-16-8-10-17(23)11-9-16)12-13-26-22(27)19-6-3-2-5-18(19)21(24-26)20-7-4-14-28-20/h2-11,14H,12-13,15H2,1H3. The molecule has 28 heavy (non-hydrogen) atoms. The third-order valence-corrected chi connectivity index (χ3v) is 5.56. The molecule has 6 heteroatoms. The Morgan fingerprint density at radius 3 is 2.50 bits per heavy atom. The van der Waals surface area contributed by atoms with E-state index < -0.39 is 0 Å². The van der Waals surface area contributed by atoms with Crippen LogP contribution in [0.5, 0.6) is 0 Å². The molecule has 2 aromatic heterocycles. The van der Waals surface area contributed by atoms with Crippen molar-refractivity contribution in [1.82, 2.24) is 14.7 Å². The van der Waals surface area contributed by atoms with Gasteiger partial charge in [-0.1, -0.05) is 36.4 Å². The summed E-state index contributed by atoms with van der Waals surface area (Å²) < 4.78 is 14.6. The summed E-state index contributed by atoms with van der Waals surface area (Å²) in [6, 6.07) is 18.1. The fourth-order valence-corrected chi connectivity index (χ4v) is 3.95. The first-order chi connectivity index (χ1) is 13.6. The number of rotatable bonds is 6. The summed E-state index contributed by atoms with van der Waals surface area (Å²) in [6.45, 7) is 1.83. The van der Waals surface area contributed by atoms with Crippen molar-refractivity contribution < 1.29 is 4.39 Å². The van der Waals surface area contributed by atoms with E-state index in [0.717, 1.165) is 21.5 Å². The summed E-state index contributed by atoms with van der Waals surface area (Å²) in [5, 5.41) is 8.25. The maximum atomic E-state index is 13.1. The first kappa shape index (κ1) is 18.5. The Labute approximate surface area is 166 Å². The fraction of sp³-hybridized carbons (Fsp3) is 0.182. The van der Waals surface area contributed by atoms with Crippen molar-refractivity contribution in [3.8, 4) is 10.6 Å². The van der Waals surface area contributed by atoms with Crippen molar-refractivity contribution >= 4 is 22.1 Å². The average Bonchev–Trinajstić information content (AvgIpc) is 3.24. The molecule has 0 bridgehead atoms. The number of likely N-dealkylation sites (N-methyl/N-ethyl adjacent to an activating group) is 1. The smallest absolute Gasteiger partial charge is 0.274 e. The second-order valence-electron chi connectivity index (χ2n) is 6.76. The van der Waals surface area contributed by atoms with E-state index in [9.17, 15) is 9.18 Å². The van der Waals surface area contributed by atoms with E-state index in [-0.39, 0.29) is 11.4 Å². The molecule has 0 aliphatic rings. The highest BCUT2D eigenvalue weighted by Crippen LogP contribution is 2.28. The Bertz CT molecular complexity index is 1140. The fourth-order valence-electron chi connectivity index (χ4n) is 3.23. The quantitative estimate of drug-likeness (QED) is 0.487. The van der Waals surface area contributed by atoms with Crippen LogP contribution in [-0.2, 0) is 13.1 Å². The Morgan fingerprint density at radius 2 is 1.79 bits per heavy atom. The van der Waals surface area contributed by atoms with Gasteiger partial charge in [-0.25, -0.2) is 9.07 Å². The van der Waals surface area contributed by atoms with Crippen molar-refractivity contribution in [1.29, 1.82) is 0 Å². The van der Waals surface area contributed by atoms with Crippen LogP contribution in [0, 0.1) is 5.82 Å². The second-order valence-corrected chi connectivity index (χ2v) is 7.71. The minimum Gasteiger partial charge on any atom is -0.300 e. The molecule has 0 fully saturated rings. The molecule has 0 saturated carbocycles. The van der Waals surface area contributed by atoms with E-state index in [1.54, 1.807) is 28.2 Å². The number of fused-ring (bicyclic) bond motifs is 1. The SMILES string of the molecule is CN(CCn1nc(-c2cccs2)c2ccccc2c1=O)Cc1ccc(F)cc1. The van der Waals surface area contributed by atoms with Gasteiger partial charge in [0, 0.05) is 18.5 Å². The van der Waals surface area contributed by atoms with Crippen molar-refractivity contribution in [2.75, 3.05) is 13.6 Å². The monoisotopic (exact) mass is 393 g/mol. The van der Waals surface area contributed by atoms with E-state index in [1.807, 2.05) is 48.8 Å². The molecule has 2 heterocycles. The largest absolute Gasteiger partial charge is 0.300 e. The molecule has 0 radical (unpaired) electrons. The van der Waals surface area contributed by atoms with Crippen LogP contribution in [0.25, 0.3) is 21.3 Å². The zero-order valence-corrected chi connectivity index (χ0v) is 16.3. The normalized spacial score (nSPS) is 11.4. The summed E-state index contributed by atoms with van der Waals surface area (Å²) in [5.74, 6) is -0.237. The van der Waals surface area contributed by atoms with Gasteiger partial charge in [0.15, 0.2) is 0 Å². The van der Waals surface area contributed by atoms with Crippen LogP contribution >= 0.6 is 11.3 Å². The predicted molar refractivity (Wildman–Crippen MR) is 112 cm³/mol. The molecule has 0 amide bonds. The van der Waals surface area contributed by atoms with Gasteiger partial charge in [0.2, 0.25) is 0 Å². The Balaban J connectivity index is 1.59. The molecule has 4 nitrogen and oxygen atoms in total. The average molecular weight is 393 g/mol. The van der Waals surface area contributed by atoms with Gasteiger partial charge < -0.3 is 4.90 Å². The molecule has 4 aromatic rings. The third-order valence-electron chi connectivity index (χ3n) is 4.68. The highest BCUT2D eigenvalue weighted by molar-refractivity contribution is 7.13. The van der Waals surface area contributed by atoms with Crippen molar-refractivity contribution in [3.05, 3.63) is 87.8 Å². The summed E-state index contributed by atoms with van der Waals surface area (Å²) in [5.41, 5.74) is 1.79. The summed E-state index contributed by atoms with van der Waals surface area (Å²) >= 11 is 1.61. The molecule has 0 N–H and O–H groups in total. The number of thiophene rings is 1. The van der Waals surface area contributed by atoms with Gasteiger partial charge in [0.05, 0.1) is 16.8 Å². The minimum absolute atomic E-state index is 0.0777. The van der Waals surface area contributed by atoms with Gasteiger partial charge in [0.1, 0.15) is 11.5 Å². The van der Waals surface area contributed by atoms with Crippen LogP contribution < -0.4 is 5.56 Å². The van der Waals surface area contributed by atoms with Crippen LogP contribution in [0.2, 0.25) is 0 Å². The van der Waals surface area contributed by atoms with E-state index in [1.165, 1.54) is 12.1 Å². The van der Waals surface area contributed by atoms with Crippen LogP contribution in [0.1, 0.15) is 5.56 Å². The van der Waals surface area contributed by atoms with Crippen molar-refractivity contribution in [2.24, 2.45) is 0 Å². The molecule has 0 saturated heterocycles. The third kappa shape index (κ3) is 3.88. The molecule has 0 atom stereocenters. The zero-order valence-electron chi connectivity index (χ0n) is 15.5. The van der Waals surface area contributed by atoms with Crippen molar-refractivity contribution in [3.63, 3.8) is 0 Å². The topological polar surface area (TPSA) is 38.1 Å². The number of hydrogen-bond donors (Lipinski definition) is 0. The first-order valence-electron chi connectivity index (χ1n) is 9.08. The molecule has 0 aliphatic carbocycles. The number of benzene rings is 2. The highest BCUT2D eigenvalue weighted by Gasteiger charge is 2.13. The van der Waals surface area contributed by atoms with Crippen LogP contribution in [0.4, 0.5) is 4.39 Å². The number of aromatic nitrogens is 2. The minimum atomic E-state index is -0.237. The Kier molecular flexibility index (Phi) is 5.32. The predicted octanol–water partition coefficient (Wildman–Crippen LogP) is 4.40. The van der Waals surface area contributed by atoms with E-state index in [2.05, 4.69) is 10.00 Å². The molecule has 2 aromatic carbocycles. The number of nitrogens with zero attached hydrogens (tertiary/aromatic N) is 3. The molecular formula is C22H20FN3OS. The summed E-state index contributed by atoms with van der Waals surface area (Å²) in [7, 11) is 1.98. The molecule has 0 unspecified atom stereocenters. The number of hydrogen-bond acceptors (Lipinski definition) is 4. The highest BCUT2D eigenvalue weighted by atomic mass is 32.1. The van der Waals surface area contributed by atoms with Crippen LogP contribution in [-0.4, -0.2) is 28.3 Å². The zero-order chi connectivity index (χ0) is 19.5. The van der Waals surface area contributed by atoms with Gasteiger partial charge >= 0.3 is 0 Å². The van der Waals surface area contributed by atoms with Crippen molar-refractivity contribution in [2.45, 2.75) is 13.1 Å². The van der Waals surface area contributed by atoms with Gasteiger partial charge in [-0.05, 0) is 42.3 Å². The lowest BCUT2D eigenvalue weighted by Crippen LogP contribution is -2.30. The molecule has 0 spiro atoms. The second kappa shape index (κ2) is 8.04. The molecular weight excluding hydrogens is 373 g/mol. The van der Waals surface area contributed by atoms with Crippen LogP contribution in [0.3, 0.4) is 0 Å². The van der Waals surface area contributed by atoms with Crippen LogP contribution in [0.15, 0.2) is 70.8 Å². The number of halogens is 1. The maximum absolute atomic E-state index is 13.1. The Morgan fingerprint density at radius 1 is 1.04 bits per heavy atom. The lowest BCUT2D eigenvalue weighted by molar-refractivity contribution is 0.302. The van der Waals surface area contributed by atoms with E-state index in [4.69, 9.17) is 0 Å². The summed E-state index contributed by atoms with van der Waals surface area (Å²) in [4.78, 5) is 16.0. The molecule has 4 rings (SSSR count). The lowest BCUT2D eigenvalue weighted by Gasteiger charge is -2.18. The Hall–Kier alpha value is -2.83. The van der Waals surface area contributed by atoms with E-state index in [0.29, 0.717) is 25.0 Å². The molecule has 0 aliphatic heterocycles. The van der Waals surface area contributed by atoms with Gasteiger partial charge in [-0.15, -0.1) is 11.3 Å². The first-order valence-corrected chi connectivity index (χ1v) is 9.96. The van der Waals surface area contributed by atoms with Gasteiger partial charge in [-0.2, -0.15) is 5.10 Å². The molecule has 142 valence electrons. The van der Waals surface area contributed by atoms with Gasteiger partial charge in [0.25, 0.3) is 5.56 Å². The lowest BCUT2D eigenvalue weighted by atomic mass is 10.1. The van der Waals surface area contributed by atoms with Gasteiger partial charge in [-0.3, -0.25) is 4.79 Å². The summed E-state index contributed by atoms with van der Waals surface area (Å²) in [6.07, 6.45) is 0. The van der Waals surface area contributed by atoms with E-state index >= 15 is 0 Å².